The minimum Gasteiger partial charge on any atom is -0.390 e. The van der Waals surface area contributed by atoms with E-state index in [1.807, 2.05) is 0 Å². The Bertz CT molecular complexity index is 974. The number of allylic oxidation sites excluding steroid dienone is 1. The van der Waals surface area contributed by atoms with E-state index in [0.717, 1.165) is 45.1 Å². The lowest BCUT2D eigenvalue weighted by atomic mass is 9.92. The molecule has 1 unspecified atom stereocenters. The highest BCUT2D eigenvalue weighted by Crippen LogP contribution is 2.24. The third-order valence-corrected chi connectivity index (χ3v) is 7.31. The molecule has 11 nitrogen and oxygen atoms in total. The number of benzene rings is 1. The summed E-state index contributed by atoms with van der Waals surface area (Å²) in [6.45, 7) is 6.05. The van der Waals surface area contributed by atoms with Crippen LogP contribution in [0.3, 0.4) is 0 Å². The smallest absolute Gasteiger partial charge is 0.250 e. The molecule has 0 aromatic heterocycles. The van der Waals surface area contributed by atoms with Gasteiger partial charge in [-0.15, -0.1) is 0 Å². The van der Waals surface area contributed by atoms with Gasteiger partial charge in [0, 0.05) is 44.3 Å². The maximum absolute atomic E-state index is 12.6. The average Bonchev–Trinajstić information content (AvgIpc) is 2.84. The standard InChI is InChI=1S/C22H32N4O7S/c1-15-20(27)21(28)19(33-22(15)29)14-25-34(30,31)18(13-23)12-16-2-4-17(5-3-16)24-6-7-26-8-10-32-11-9-26/h2-5,12,15,19-22,24-25,27-29H,6-11,14H2,1H3/b18-12+/t15-,19-,20-,21-,22?/m1/s1. The van der Waals surface area contributed by atoms with Crippen molar-refractivity contribution >= 4 is 21.8 Å². The van der Waals surface area contributed by atoms with E-state index in [2.05, 4.69) is 14.9 Å². The van der Waals surface area contributed by atoms with Crippen molar-refractivity contribution in [3.8, 4) is 6.07 Å². The summed E-state index contributed by atoms with van der Waals surface area (Å²) in [5, 5.41) is 42.6. The molecule has 0 aliphatic carbocycles. The number of hydrogen-bond acceptors (Lipinski definition) is 10. The number of ether oxygens (including phenoxy) is 2. The minimum absolute atomic E-state index is 0.421. The molecule has 2 aliphatic heterocycles. The summed E-state index contributed by atoms with van der Waals surface area (Å²) in [4.78, 5) is 1.80. The van der Waals surface area contributed by atoms with Crippen LogP contribution in [0.15, 0.2) is 29.2 Å². The Balaban J connectivity index is 1.56. The molecule has 2 aliphatic rings. The summed E-state index contributed by atoms with van der Waals surface area (Å²) in [6, 6.07) is 8.68. The second kappa shape index (κ2) is 12.1. The summed E-state index contributed by atoms with van der Waals surface area (Å²) < 4.78 is 38.0. The first-order valence-corrected chi connectivity index (χ1v) is 12.6. The van der Waals surface area contributed by atoms with E-state index in [0.29, 0.717) is 5.56 Å². The van der Waals surface area contributed by atoms with Crippen LogP contribution in [0.25, 0.3) is 6.08 Å². The van der Waals surface area contributed by atoms with Crippen molar-refractivity contribution in [1.29, 1.82) is 5.26 Å². The summed E-state index contributed by atoms with van der Waals surface area (Å²) in [6.07, 6.45) is -3.94. The third-order valence-electron chi connectivity index (χ3n) is 5.98. The topological polar surface area (TPSA) is 164 Å². The maximum atomic E-state index is 12.6. The zero-order valence-corrected chi connectivity index (χ0v) is 19.8. The highest BCUT2D eigenvalue weighted by atomic mass is 32.2. The fourth-order valence-electron chi connectivity index (χ4n) is 3.72. The van der Waals surface area contributed by atoms with Crippen molar-refractivity contribution in [3.05, 3.63) is 34.7 Å². The lowest BCUT2D eigenvalue weighted by molar-refractivity contribution is -0.257. The van der Waals surface area contributed by atoms with E-state index >= 15 is 0 Å². The van der Waals surface area contributed by atoms with Gasteiger partial charge in [0.25, 0.3) is 10.0 Å². The van der Waals surface area contributed by atoms with E-state index in [9.17, 15) is 29.0 Å². The van der Waals surface area contributed by atoms with Crippen LogP contribution < -0.4 is 10.0 Å². The lowest BCUT2D eigenvalue weighted by Gasteiger charge is -2.39. The van der Waals surface area contributed by atoms with Crippen molar-refractivity contribution in [2.24, 2.45) is 5.92 Å². The maximum Gasteiger partial charge on any atom is 0.250 e. The molecule has 0 saturated carbocycles. The van der Waals surface area contributed by atoms with E-state index < -0.39 is 52.0 Å². The number of anilines is 1. The summed E-state index contributed by atoms with van der Waals surface area (Å²) >= 11 is 0. The first-order chi connectivity index (χ1) is 16.2. The Morgan fingerprint density at radius 2 is 1.88 bits per heavy atom. The van der Waals surface area contributed by atoms with Crippen LogP contribution in [0.4, 0.5) is 5.69 Å². The Kier molecular flexibility index (Phi) is 9.40. The Morgan fingerprint density at radius 3 is 2.53 bits per heavy atom. The van der Waals surface area contributed by atoms with Gasteiger partial charge in [0.1, 0.15) is 18.3 Å². The van der Waals surface area contributed by atoms with Crippen LogP contribution in [0.5, 0.6) is 0 Å². The molecule has 0 radical (unpaired) electrons. The first kappa shape index (κ1) is 26.5. The van der Waals surface area contributed by atoms with E-state index in [-0.39, 0.29) is 0 Å². The normalized spacial score (nSPS) is 28.9. The fourth-order valence-corrected chi connectivity index (χ4v) is 4.67. The molecule has 5 N–H and O–H groups in total. The first-order valence-electron chi connectivity index (χ1n) is 11.2. The highest BCUT2D eigenvalue weighted by Gasteiger charge is 2.41. The van der Waals surface area contributed by atoms with Crippen molar-refractivity contribution < 1.29 is 33.2 Å². The molecule has 0 bridgehead atoms. The molecule has 5 atom stereocenters. The van der Waals surface area contributed by atoms with E-state index in [4.69, 9.17) is 9.47 Å². The Hall–Kier alpha value is -2.08. The number of aliphatic hydroxyl groups is 3. The number of sulfonamides is 1. The molecule has 0 spiro atoms. The molecular weight excluding hydrogens is 464 g/mol. The van der Waals surface area contributed by atoms with Gasteiger partial charge < -0.3 is 30.1 Å². The van der Waals surface area contributed by atoms with Gasteiger partial charge in [-0.3, -0.25) is 4.90 Å². The summed E-state index contributed by atoms with van der Waals surface area (Å²) in [5.41, 5.74) is 1.40. The van der Waals surface area contributed by atoms with Crippen LogP contribution in [-0.4, -0.2) is 99.2 Å². The molecule has 1 aromatic carbocycles. The number of nitrogens with zero attached hydrogens (tertiary/aromatic N) is 2. The second-order valence-electron chi connectivity index (χ2n) is 8.38. The van der Waals surface area contributed by atoms with Gasteiger partial charge in [0.2, 0.25) is 0 Å². The predicted molar refractivity (Wildman–Crippen MR) is 125 cm³/mol. The van der Waals surface area contributed by atoms with Gasteiger partial charge in [-0.1, -0.05) is 19.1 Å². The van der Waals surface area contributed by atoms with Gasteiger partial charge in [0.05, 0.1) is 19.3 Å². The van der Waals surface area contributed by atoms with Gasteiger partial charge in [-0.05, 0) is 23.8 Å². The SMILES string of the molecule is C[C@H]1C(O)O[C@H](CNS(=O)(=O)/C(C#N)=C/c2ccc(NCCN3CCOCC3)cc2)[C@@H](O)[C@@H]1O. The lowest BCUT2D eigenvalue weighted by Crippen LogP contribution is -2.56. The summed E-state index contributed by atoms with van der Waals surface area (Å²) in [5.74, 6) is -0.728. The molecule has 3 rings (SSSR count). The fraction of sp³-hybridized carbons (Fsp3) is 0.591. The largest absolute Gasteiger partial charge is 0.390 e. The molecule has 34 heavy (non-hydrogen) atoms. The number of aliphatic hydroxyl groups excluding tert-OH is 3. The van der Waals surface area contributed by atoms with Gasteiger partial charge in [0.15, 0.2) is 11.2 Å². The predicted octanol–water partition coefficient (Wildman–Crippen LogP) is -0.710. The molecule has 0 amide bonds. The van der Waals surface area contributed by atoms with Crippen molar-refractivity contribution in [2.75, 3.05) is 51.3 Å². The molecule has 1 aromatic rings. The number of nitriles is 1. The van der Waals surface area contributed by atoms with Crippen molar-refractivity contribution in [1.82, 2.24) is 9.62 Å². The molecular formula is C22H32N4O7S. The van der Waals surface area contributed by atoms with Crippen LogP contribution in [-0.2, 0) is 19.5 Å². The number of nitrogens with one attached hydrogen (secondary N) is 2. The van der Waals surface area contributed by atoms with Gasteiger partial charge >= 0.3 is 0 Å². The molecule has 188 valence electrons. The quantitative estimate of drug-likeness (QED) is 0.276. The Labute approximate surface area is 199 Å². The molecule has 2 heterocycles. The number of rotatable bonds is 9. The van der Waals surface area contributed by atoms with Crippen molar-refractivity contribution in [3.63, 3.8) is 0 Å². The molecule has 2 fully saturated rings. The van der Waals surface area contributed by atoms with Crippen LogP contribution >= 0.6 is 0 Å². The number of hydrogen-bond donors (Lipinski definition) is 5. The van der Waals surface area contributed by atoms with Crippen LogP contribution in [0.2, 0.25) is 0 Å². The molecule has 2 saturated heterocycles. The van der Waals surface area contributed by atoms with Crippen LogP contribution in [0, 0.1) is 17.2 Å². The zero-order valence-electron chi connectivity index (χ0n) is 19.0. The van der Waals surface area contributed by atoms with E-state index in [1.54, 1.807) is 30.3 Å². The average molecular weight is 497 g/mol. The minimum atomic E-state index is -4.21. The third kappa shape index (κ3) is 6.97. The highest BCUT2D eigenvalue weighted by molar-refractivity contribution is 7.93. The van der Waals surface area contributed by atoms with Crippen LogP contribution in [0.1, 0.15) is 12.5 Å². The monoisotopic (exact) mass is 496 g/mol. The molecule has 12 heteroatoms. The zero-order chi connectivity index (χ0) is 24.7. The van der Waals surface area contributed by atoms with Crippen molar-refractivity contribution in [2.45, 2.75) is 31.5 Å². The van der Waals surface area contributed by atoms with Gasteiger partial charge in [-0.2, -0.15) is 5.26 Å². The Morgan fingerprint density at radius 1 is 1.21 bits per heavy atom. The van der Waals surface area contributed by atoms with E-state index in [1.165, 1.54) is 13.0 Å². The summed E-state index contributed by atoms with van der Waals surface area (Å²) in [7, 11) is -4.21. The number of morpholine rings is 1. The second-order valence-corrected chi connectivity index (χ2v) is 10.1. The van der Waals surface area contributed by atoms with Gasteiger partial charge in [-0.25, -0.2) is 13.1 Å².